The third-order valence-corrected chi connectivity index (χ3v) is 3.89. The first-order chi connectivity index (χ1) is 11.3. The Kier molecular flexibility index (Phi) is 5.39. The molecule has 4 heteroatoms. The van der Waals surface area contributed by atoms with E-state index >= 15 is 0 Å². The first kappa shape index (κ1) is 17.7. The molecule has 0 aliphatic rings. The van der Waals surface area contributed by atoms with E-state index in [1.807, 2.05) is 12.1 Å². The minimum absolute atomic E-state index is 0.408. The summed E-state index contributed by atoms with van der Waals surface area (Å²) < 4.78 is 10.3. The average molecular weight is 326 g/mol. The molecule has 2 rings (SSSR count). The Morgan fingerprint density at radius 2 is 1.42 bits per heavy atom. The first-order valence-electron chi connectivity index (χ1n) is 7.85. The molecule has 0 spiro atoms. The summed E-state index contributed by atoms with van der Waals surface area (Å²) in [5.74, 6) is 0.0525. The number of hydrogen-bond donors (Lipinski definition) is 0. The van der Waals surface area contributed by atoms with E-state index in [1.54, 1.807) is 38.1 Å². The molecule has 0 fully saturated rings. The third-order valence-electron chi connectivity index (χ3n) is 3.89. The van der Waals surface area contributed by atoms with Crippen molar-refractivity contribution in [1.29, 1.82) is 0 Å². The van der Waals surface area contributed by atoms with Gasteiger partial charge < -0.3 is 9.47 Å². The summed E-state index contributed by atoms with van der Waals surface area (Å²) in [6.45, 7) is 7.79. The van der Waals surface area contributed by atoms with Gasteiger partial charge in [0.25, 0.3) is 0 Å². The van der Waals surface area contributed by atoms with E-state index in [2.05, 4.69) is 13.8 Å². The SMILES string of the molecule is COC(=O)c1cc(C)c(OC(=O)c2ccc(C(C)C)cc2)c(C)c1. The van der Waals surface area contributed by atoms with Crippen molar-refractivity contribution in [2.75, 3.05) is 7.11 Å². The summed E-state index contributed by atoms with van der Waals surface area (Å²) in [4.78, 5) is 24.0. The van der Waals surface area contributed by atoms with E-state index in [0.29, 0.717) is 33.9 Å². The zero-order valence-corrected chi connectivity index (χ0v) is 14.7. The van der Waals surface area contributed by atoms with E-state index < -0.39 is 11.9 Å². The average Bonchev–Trinajstić information content (AvgIpc) is 2.57. The topological polar surface area (TPSA) is 52.6 Å². The van der Waals surface area contributed by atoms with Gasteiger partial charge in [-0.2, -0.15) is 0 Å². The minimum Gasteiger partial charge on any atom is -0.465 e. The van der Waals surface area contributed by atoms with Crippen molar-refractivity contribution in [2.24, 2.45) is 0 Å². The number of ether oxygens (including phenoxy) is 2. The molecule has 0 radical (unpaired) electrons. The number of esters is 2. The molecule has 24 heavy (non-hydrogen) atoms. The van der Waals surface area contributed by atoms with Gasteiger partial charge in [-0.15, -0.1) is 0 Å². The highest BCUT2D eigenvalue weighted by Crippen LogP contribution is 2.26. The maximum Gasteiger partial charge on any atom is 0.343 e. The molecule has 2 aromatic carbocycles. The molecule has 0 saturated carbocycles. The Balaban J connectivity index is 2.24. The normalized spacial score (nSPS) is 10.6. The van der Waals surface area contributed by atoms with Crippen LogP contribution in [0, 0.1) is 13.8 Å². The van der Waals surface area contributed by atoms with Gasteiger partial charge >= 0.3 is 11.9 Å². The lowest BCUT2D eigenvalue weighted by atomic mass is 10.0. The lowest BCUT2D eigenvalue weighted by Crippen LogP contribution is -2.11. The number of benzene rings is 2. The second-order valence-electron chi connectivity index (χ2n) is 6.10. The van der Waals surface area contributed by atoms with Crippen LogP contribution in [0.25, 0.3) is 0 Å². The van der Waals surface area contributed by atoms with Crippen molar-refractivity contribution < 1.29 is 19.1 Å². The fraction of sp³-hybridized carbons (Fsp3) is 0.300. The van der Waals surface area contributed by atoms with Gasteiger partial charge in [0, 0.05) is 0 Å². The number of hydrogen-bond acceptors (Lipinski definition) is 4. The number of rotatable bonds is 4. The Bertz CT molecular complexity index is 735. The summed E-state index contributed by atoms with van der Waals surface area (Å²) in [7, 11) is 1.34. The zero-order valence-electron chi connectivity index (χ0n) is 14.7. The Morgan fingerprint density at radius 3 is 1.88 bits per heavy atom. The van der Waals surface area contributed by atoms with Crippen LogP contribution in [0.3, 0.4) is 0 Å². The van der Waals surface area contributed by atoms with Gasteiger partial charge in [-0.3, -0.25) is 0 Å². The van der Waals surface area contributed by atoms with Crippen LogP contribution in [0.15, 0.2) is 36.4 Å². The van der Waals surface area contributed by atoms with Crippen molar-refractivity contribution in [3.05, 3.63) is 64.2 Å². The van der Waals surface area contributed by atoms with Crippen LogP contribution in [-0.2, 0) is 4.74 Å². The Morgan fingerprint density at radius 1 is 0.875 bits per heavy atom. The van der Waals surface area contributed by atoms with E-state index in [0.717, 1.165) is 0 Å². The maximum absolute atomic E-state index is 12.4. The van der Waals surface area contributed by atoms with Crippen LogP contribution < -0.4 is 4.74 Å². The number of carbonyl (C=O) groups excluding carboxylic acids is 2. The molecular weight excluding hydrogens is 304 g/mol. The quantitative estimate of drug-likeness (QED) is 0.616. The Labute approximate surface area is 142 Å². The predicted octanol–water partition coefficient (Wildman–Crippen LogP) is 4.43. The summed E-state index contributed by atoms with van der Waals surface area (Å²) in [6, 6.07) is 10.7. The highest BCUT2D eigenvalue weighted by Gasteiger charge is 2.16. The first-order valence-corrected chi connectivity index (χ1v) is 7.85. The fourth-order valence-electron chi connectivity index (χ4n) is 2.50. The van der Waals surface area contributed by atoms with E-state index in [4.69, 9.17) is 9.47 Å². The molecule has 0 heterocycles. The molecule has 0 amide bonds. The van der Waals surface area contributed by atoms with Crippen LogP contribution in [0.1, 0.15) is 57.2 Å². The van der Waals surface area contributed by atoms with E-state index in [9.17, 15) is 9.59 Å². The van der Waals surface area contributed by atoms with Crippen molar-refractivity contribution in [3.8, 4) is 5.75 Å². The standard InChI is InChI=1S/C20H22O4/c1-12(2)15-6-8-16(9-7-15)20(22)24-18-13(3)10-17(11-14(18)4)19(21)23-5/h6-12H,1-5H3. The van der Waals surface area contributed by atoms with Gasteiger partial charge in [-0.25, -0.2) is 9.59 Å². The van der Waals surface area contributed by atoms with Crippen molar-refractivity contribution in [2.45, 2.75) is 33.6 Å². The van der Waals surface area contributed by atoms with E-state index in [-0.39, 0.29) is 0 Å². The lowest BCUT2D eigenvalue weighted by molar-refractivity contribution is 0.0600. The van der Waals surface area contributed by atoms with Gasteiger partial charge in [0.2, 0.25) is 0 Å². The van der Waals surface area contributed by atoms with Gasteiger partial charge in [0.1, 0.15) is 5.75 Å². The number of carbonyl (C=O) groups is 2. The molecule has 0 bridgehead atoms. The molecule has 0 aliphatic heterocycles. The van der Waals surface area contributed by atoms with Crippen LogP contribution in [0.4, 0.5) is 0 Å². The van der Waals surface area contributed by atoms with Crippen LogP contribution in [-0.4, -0.2) is 19.0 Å². The van der Waals surface area contributed by atoms with Crippen molar-refractivity contribution in [3.63, 3.8) is 0 Å². The molecule has 0 aliphatic carbocycles. The van der Waals surface area contributed by atoms with Gasteiger partial charge in [-0.1, -0.05) is 26.0 Å². The van der Waals surface area contributed by atoms with Crippen LogP contribution in [0.5, 0.6) is 5.75 Å². The smallest absolute Gasteiger partial charge is 0.343 e. The third kappa shape index (κ3) is 3.82. The molecule has 0 N–H and O–H groups in total. The summed E-state index contributed by atoms with van der Waals surface area (Å²) in [6.07, 6.45) is 0. The highest BCUT2D eigenvalue weighted by atomic mass is 16.5. The maximum atomic E-state index is 12.4. The summed E-state index contributed by atoms with van der Waals surface area (Å²) in [5, 5.41) is 0. The Hall–Kier alpha value is -2.62. The molecule has 126 valence electrons. The largest absolute Gasteiger partial charge is 0.465 e. The van der Waals surface area contributed by atoms with Gasteiger partial charge in [0.05, 0.1) is 18.2 Å². The fourth-order valence-corrected chi connectivity index (χ4v) is 2.50. The molecule has 0 saturated heterocycles. The zero-order chi connectivity index (χ0) is 17.9. The molecule has 4 nitrogen and oxygen atoms in total. The van der Waals surface area contributed by atoms with Crippen molar-refractivity contribution >= 4 is 11.9 Å². The van der Waals surface area contributed by atoms with Crippen LogP contribution >= 0.6 is 0 Å². The second-order valence-corrected chi connectivity index (χ2v) is 6.10. The number of methoxy groups -OCH3 is 1. The summed E-state index contributed by atoms with van der Waals surface area (Å²) >= 11 is 0. The molecule has 0 aromatic heterocycles. The van der Waals surface area contributed by atoms with Crippen LogP contribution in [0.2, 0.25) is 0 Å². The molecule has 0 atom stereocenters. The molecular formula is C20H22O4. The lowest BCUT2D eigenvalue weighted by Gasteiger charge is -2.12. The summed E-state index contributed by atoms with van der Waals surface area (Å²) in [5.41, 5.74) is 3.52. The predicted molar refractivity (Wildman–Crippen MR) is 92.7 cm³/mol. The highest BCUT2D eigenvalue weighted by molar-refractivity contribution is 5.92. The second kappa shape index (κ2) is 7.30. The monoisotopic (exact) mass is 326 g/mol. The van der Waals surface area contributed by atoms with Gasteiger partial charge in [0.15, 0.2) is 0 Å². The molecule has 2 aromatic rings. The van der Waals surface area contributed by atoms with Gasteiger partial charge in [-0.05, 0) is 60.7 Å². The van der Waals surface area contributed by atoms with E-state index in [1.165, 1.54) is 12.7 Å². The van der Waals surface area contributed by atoms with Crippen molar-refractivity contribution in [1.82, 2.24) is 0 Å². The number of aryl methyl sites for hydroxylation is 2. The molecule has 0 unspecified atom stereocenters. The minimum atomic E-state index is -0.415.